The molecule has 3 rings (SSSR count). The fraction of sp³-hybridized carbons (Fsp3) is 0.276. The number of aromatic nitrogens is 1. The fourth-order valence-corrected chi connectivity index (χ4v) is 3.64. The van der Waals surface area contributed by atoms with Gasteiger partial charge in [-0.2, -0.15) is 0 Å². The topological polar surface area (TPSA) is 163 Å². The summed E-state index contributed by atoms with van der Waals surface area (Å²) in [5.74, 6) is -0.291. The zero-order chi connectivity index (χ0) is 28.9. The number of hydrogen-bond donors (Lipinski definition) is 5. The molecule has 0 fully saturated rings. The number of nitrogens with zero attached hydrogens (tertiary/aromatic N) is 2. The van der Waals surface area contributed by atoms with Gasteiger partial charge in [0.05, 0.1) is 11.3 Å². The molecule has 0 aliphatic rings. The van der Waals surface area contributed by atoms with Crippen molar-refractivity contribution in [2.24, 2.45) is 5.73 Å². The van der Waals surface area contributed by atoms with Crippen LogP contribution in [0.25, 0.3) is 0 Å². The van der Waals surface area contributed by atoms with Gasteiger partial charge in [0.1, 0.15) is 17.4 Å². The lowest BCUT2D eigenvalue weighted by Gasteiger charge is -2.15. The van der Waals surface area contributed by atoms with Crippen molar-refractivity contribution in [2.75, 3.05) is 44.4 Å². The SMILES string of the molecule is CN(C)C(=N)c1ccc(C(=O)Nc2ccc(OCC(=O)NCCCCCN)cc2C(=O)Nc2ccccn2)cc1. The molecule has 0 aliphatic carbocycles. The van der Waals surface area contributed by atoms with Crippen molar-refractivity contribution < 1.29 is 19.1 Å². The minimum Gasteiger partial charge on any atom is -0.484 e. The molecule has 0 bridgehead atoms. The Morgan fingerprint density at radius 2 is 1.68 bits per heavy atom. The molecule has 0 radical (unpaired) electrons. The lowest BCUT2D eigenvalue weighted by molar-refractivity contribution is -0.123. The highest BCUT2D eigenvalue weighted by atomic mass is 16.5. The number of amides is 3. The molecule has 11 heteroatoms. The third-order valence-corrected chi connectivity index (χ3v) is 5.83. The van der Waals surface area contributed by atoms with Crippen LogP contribution in [-0.4, -0.2) is 67.2 Å². The van der Waals surface area contributed by atoms with Crippen molar-refractivity contribution in [3.8, 4) is 5.75 Å². The van der Waals surface area contributed by atoms with Crippen LogP contribution in [0.3, 0.4) is 0 Å². The van der Waals surface area contributed by atoms with Gasteiger partial charge in [0, 0.05) is 38.0 Å². The maximum atomic E-state index is 13.2. The van der Waals surface area contributed by atoms with E-state index in [0.717, 1.165) is 19.3 Å². The second-order valence-corrected chi connectivity index (χ2v) is 9.14. The van der Waals surface area contributed by atoms with Gasteiger partial charge in [-0.25, -0.2) is 4.98 Å². The fourth-order valence-electron chi connectivity index (χ4n) is 3.64. The first-order chi connectivity index (χ1) is 19.3. The molecule has 0 saturated carbocycles. The molecule has 6 N–H and O–H groups in total. The van der Waals surface area contributed by atoms with Crippen LogP contribution in [0, 0.1) is 5.41 Å². The van der Waals surface area contributed by atoms with Gasteiger partial charge in [-0.1, -0.05) is 24.6 Å². The van der Waals surface area contributed by atoms with E-state index in [4.69, 9.17) is 15.9 Å². The number of benzene rings is 2. The molecule has 3 aromatic rings. The Hall–Kier alpha value is -4.77. The van der Waals surface area contributed by atoms with Crippen LogP contribution in [0.5, 0.6) is 5.75 Å². The molecule has 0 unspecified atom stereocenters. The van der Waals surface area contributed by atoms with Gasteiger partial charge in [0.15, 0.2) is 6.61 Å². The molecule has 1 aromatic heterocycles. The van der Waals surface area contributed by atoms with Crippen molar-refractivity contribution in [3.63, 3.8) is 0 Å². The summed E-state index contributed by atoms with van der Waals surface area (Å²) >= 11 is 0. The third-order valence-electron chi connectivity index (χ3n) is 5.83. The van der Waals surface area contributed by atoms with Crippen LogP contribution in [0.1, 0.15) is 45.5 Å². The van der Waals surface area contributed by atoms with Gasteiger partial charge >= 0.3 is 0 Å². The minimum absolute atomic E-state index is 0.129. The smallest absolute Gasteiger partial charge is 0.259 e. The molecule has 11 nitrogen and oxygen atoms in total. The first-order valence-corrected chi connectivity index (χ1v) is 12.9. The molecule has 0 spiro atoms. The van der Waals surface area contributed by atoms with E-state index in [-0.39, 0.29) is 29.5 Å². The van der Waals surface area contributed by atoms with Crippen LogP contribution in [0.15, 0.2) is 66.9 Å². The summed E-state index contributed by atoms with van der Waals surface area (Å²) in [6.07, 6.45) is 4.22. The van der Waals surface area contributed by atoms with Gasteiger partial charge in [0.2, 0.25) is 0 Å². The average molecular weight is 546 g/mol. The predicted octanol–water partition coefficient (Wildman–Crippen LogP) is 3.10. The zero-order valence-electron chi connectivity index (χ0n) is 22.7. The Bertz CT molecular complexity index is 1310. The summed E-state index contributed by atoms with van der Waals surface area (Å²) in [5, 5.41) is 16.4. The van der Waals surface area contributed by atoms with Crippen LogP contribution < -0.4 is 26.4 Å². The maximum Gasteiger partial charge on any atom is 0.259 e. The van der Waals surface area contributed by atoms with Crippen molar-refractivity contribution in [2.45, 2.75) is 19.3 Å². The molecule has 210 valence electrons. The van der Waals surface area contributed by atoms with Crippen molar-refractivity contribution in [1.29, 1.82) is 5.41 Å². The summed E-state index contributed by atoms with van der Waals surface area (Å²) in [6.45, 7) is 0.929. The van der Waals surface area contributed by atoms with Crippen molar-refractivity contribution in [3.05, 3.63) is 83.6 Å². The van der Waals surface area contributed by atoms with Crippen molar-refractivity contribution in [1.82, 2.24) is 15.2 Å². The van der Waals surface area contributed by atoms with E-state index in [1.54, 1.807) is 79.8 Å². The monoisotopic (exact) mass is 545 g/mol. The number of hydrogen-bond acceptors (Lipinski definition) is 7. The summed E-state index contributed by atoms with van der Waals surface area (Å²) in [5.41, 5.74) is 6.88. The number of anilines is 2. The molecule has 0 saturated heterocycles. The van der Waals surface area contributed by atoms with E-state index in [2.05, 4.69) is 20.9 Å². The van der Waals surface area contributed by atoms with Crippen LogP contribution in [-0.2, 0) is 4.79 Å². The lowest BCUT2D eigenvalue weighted by Crippen LogP contribution is -2.29. The molecule has 2 aromatic carbocycles. The minimum atomic E-state index is -0.515. The van der Waals surface area contributed by atoms with Crippen molar-refractivity contribution >= 4 is 35.1 Å². The summed E-state index contributed by atoms with van der Waals surface area (Å²) in [6, 6.07) is 16.3. The number of carbonyl (C=O) groups excluding carboxylic acids is 3. The lowest BCUT2D eigenvalue weighted by atomic mass is 10.1. The van der Waals surface area contributed by atoms with E-state index < -0.39 is 11.8 Å². The summed E-state index contributed by atoms with van der Waals surface area (Å²) in [4.78, 5) is 44.1. The summed E-state index contributed by atoms with van der Waals surface area (Å²) in [7, 11) is 3.54. The Morgan fingerprint density at radius 1 is 0.925 bits per heavy atom. The first kappa shape index (κ1) is 29.8. The molecule has 40 heavy (non-hydrogen) atoms. The standard InChI is InChI=1S/C29H35N7O4/c1-36(2)27(31)20-9-11-21(12-10-20)28(38)34-24-14-13-22(40-19-26(37)33-17-6-3-5-15-30)18-23(24)29(39)35-25-8-4-7-16-32-25/h4,7-14,16,18,31H,3,5-6,15,17,19,30H2,1-2H3,(H,33,37)(H,34,38)(H,32,35,39). The first-order valence-electron chi connectivity index (χ1n) is 12.9. The van der Waals surface area contributed by atoms with Crippen LogP contribution in [0.2, 0.25) is 0 Å². The number of unbranched alkanes of at least 4 members (excludes halogenated alkanes) is 2. The Kier molecular flexibility index (Phi) is 11.2. The summed E-state index contributed by atoms with van der Waals surface area (Å²) < 4.78 is 5.62. The Balaban J connectivity index is 1.74. The highest BCUT2D eigenvalue weighted by molar-refractivity contribution is 6.12. The van der Waals surface area contributed by atoms with E-state index >= 15 is 0 Å². The number of pyridine rings is 1. The number of amidine groups is 1. The van der Waals surface area contributed by atoms with E-state index in [1.165, 1.54) is 6.07 Å². The van der Waals surface area contributed by atoms with E-state index in [1.807, 2.05) is 0 Å². The second-order valence-electron chi connectivity index (χ2n) is 9.14. The molecule has 0 aliphatic heterocycles. The normalized spacial score (nSPS) is 10.4. The highest BCUT2D eigenvalue weighted by Gasteiger charge is 2.17. The van der Waals surface area contributed by atoms with E-state index in [0.29, 0.717) is 35.9 Å². The predicted molar refractivity (Wildman–Crippen MR) is 155 cm³/mol. The highest BCUT2D eigenvalue weighted by Crippen LogP contribution is 2.24. The van der Waals surface area contributed by atoms with E-state index in [9.17, 15) is 14.4 Å². The number of ether oxygens (including phenoxy) is 1. The van der Waals surface area contributed by atoms with Gasteiger partial charge < -0.3 is 31.3 Å². The maximum absolute atomic E-state index is 13.2. The Labute approximate surface area is 233 Å². The average Bonchev–Trinajstić information content (AvgIpc) is 2.96. The molecule has 3 amide bonds. The quantitative estimate of drug-likeness (QED) is 0.125. The number of carbonyl (C=O) groups is 3. The number of rotatable bonds is 13. The molecular formula is C29H35N7O4. The van der Waals surface area contributed by atoms with Gasteiger partial charge in [-0.3, -0.25) is 19.8 Å². The van der Waals surface area contributed by atoms with Gasteiger partial charge in [-0.15, -0.1) is 0 Å². The van der Waals surface area contributed by atoms with Crippen LogP contribution >= 0.6 is 0 Å². The van der Waals surface area contributed by atoms with Gasteiger partial charge in [0.25, 0.3) is 17.7 Å². The molecule has 0 atom stereocenters. The van der Waals surface area contributed by atoms with Crippen LogP contribution in [0.4, 0.5) is 11.5 Å². The third kappa shape index (κ3) is 8.91. The zero-order valence-corrected chi connectivity index (χ0v) is 22.7. The molecular weight excluding hydrogens is 510 g/mol. The Morgan fingerprint density at radius 3 is 2.35 bits per heavy atom. The second kappa shape index (κ2) is 15.0. The number of nitrogens with one attached hydrogen (secondary N) is 4. The number of nitrogens with two attached hydrogens (primary N) is 1. The molecule has 1 heterocycles. The largest absolute Gasteiger partial charge is 0.484 e. The van der Waals surface area contributed by atoms with Gasteiger partial charge in [-0.05, 0) is 61.9 Å².